The first-order valence-electron chi connectivity index (χ1n) is 4.88. The molecule has 1 aliphatic rings. The smallest absolute Gasteiger partial charge is 0.217 e. The van der Waals surface area contributed by atoms with E-state index in [1.165, 1.54) is 0 Å². The summed E-state index contributed by atoms with van der Waals surface area (Å²) >= 11 is 0. The minimum Gasteiger partial charge on any atom is -0.370 e. The van der Waals surface area contributed by atoms with E-state index in [9.17, 15) is 4.79 Å². The molecule has 0 saturated carbocycles. The second kappa shape index (κ2) is 3.56. The maximum absolute atomic E-state index is 10.7. The molecule has 3 nitrogen and oxygen atoms in total. The van der Waals surface area contributed by atoms with Gasteiger partial charge in [0, 0.05) is 29.2 Å². The van der Waals surface area contributed by atoms with E-state index in [1.807, 2.05) is 6.92 Å². The van der Waals surface area contributed by atoms with Crippen LogP contribution < -0.4 is 5.73 Å². The molecule has 0 saturated heterocycles. The van der Waals surface area contributed by atoms with Crippen molar-refractivity contribution in [3.8, 4) is 0 Å². The highest BCUT2D eigenvalue weighted by atomic mass is 16.1. The van der Waals surface area contributed by atoms with Crippen LogP contribution in [-0.4, -0.2) is 11.6 Å². The number of carbonyl (C=O) groups is 1. The number of hydrogen-bond acceptors (Lipinski definition) is 2. The van der Waals surface area contributed by atoms with Gasteiger partial charge in [-0.3, -0.25) is 9.79 Å². The maximum Gasteiger partial charge on any atom is 0.217 e. The normalized spacial score (nSPS) is 24.9. The SMILES string of the molecule is C=C1N=C(C)C(CCC(N)=O)C1(C)C. The molecule has 1 rings (SSSR count). The van der Waals surface area contributed by atoms with Gasteiger partial charge in [-0.1, -0.05) is 20.4 Å². The average Bonchev–Trinajstić information content (AvgIpc) is 2.20. The number of nitrogens with zero attached hydrogens (tertiary/aromatic N) is 1. The predicted octanol–water partition coefficient (Wildman–Crippen LogP) is 1.88. The Kier molecular flexibility index (Phi) is 2.79. The molecule has 0 radical (unpaired) electrons. The second-order valence-corrected chi connectivity index (χ2v) is 4.48. The Morgan fingerprint density at radius 1 is 1.64 bits per heavy atom. The summed E-state index contributed by atoms with van der Waals surface area (Å²) in [6, 6.07) is 0. The molecule has 1 aliphatic heterocycles. The van der Waals surface area contributed by atoms with Crippen LogP contribution in [0.25, 0.3) is 0 Å². The molecule has 0 fully saturated rings. The Balaban J connectivity index is 2.73. The fourth-order valence-electron chi connectivity index (χ4n) is 2.01. The minimum absolute atomic E-state index is 0.0282. The highest BCUT2D eigenvalue weighted by molar-refractivity contribution is 5.89. The Labute approximate surface area is 85.1 Å². The van der Waals surface area contributed by atoms with Gasteiger partial charge < -0.3 is 5.73 Å². The number of aliphatic imine (C=N–C) groups is 1. The summed E-state index contributed by atoms with van der Waals surface area (Å²) in [4.78, 5) is 15.1. The number of primary amides is 1. The van der Waals surface area contributed by atoms with Gasteiger partial charge in [0.1, 0.15) is 0 Å². The number of rotatable bonds is 3. The number of carbonyl (C=O) groups excluding carboxylic acids is 1. The van der Waals surface area contributed by atoms with Crippen LogP contribution in [0.15, 0.2) is 17.3 Å². The molecule has 14 heavy (non-hydrogen) atoms. The zero-order chi connectivity index (χ0) is 10.9. The van der Waals surface area contributed by atoms with E-state index in [2.05, 4.69) is 25.4 Å². The van der Waals surface area contributed by atoms with Gasteiger partial charge >= 0.3 is 0 Å². The summed E-state index contributed by atoms with van der Waals surface area (Å²) in [5.41, 5.74) is 7.09. The number of amides is 1. The fraction of sp³-hybridized carbons (Fsp3) is 0.636. The summed E-state index contributed by atoms with van der Waals surface area (Å²) < 4.78 is 0. The molecular formula is C11H18N2O. The third-order valence-electron chi connectivity index (χ3n) is 3.11. The fourth-order valence-corrected chi connectivity index (χ4v) is 2.01. The van der Waals surface area contributed by atoms with Gasteiger partial charge in [0.15, 0.2) is 0 Å². The van der Waals surface area contributed by atoms with Crippen LogP contribution in [0.4, 0.5) is 0 Å². The van der Waals surface area contributed by atoms with E-state index in [-0.39, 0.29) is 11.3 Å². The van der Waals surface area contributed by atoms with Gasteiger partial charge in [0.25, 0.3) is 0 Å². The summed E-state index contributed by atoms with van der Waals surface area (Å²) in [7, 11) is 0. The summed E-state index contributed by atoms with van der Waals surface area (Å²) in [5, 5.41) is 0. The zero-order valence-electron chi connectivity index (χ0n) is 9.13. The summed E-state index contributed by atoms with van der Waals surface area (Å²) in [6.07, 6.45) is 1.20. The first-order chi connectivity index (χ1) is 6.35. The number of nitrogens with two attached hydrogens (primary N) is 1. The Morgan fingerprint density at radius 3 is 2.57 bits per heavy atom. The summed E-state index contributed by atoms with van der Waals surface area (Å²) in [5.74, 6) is 0.0635. The number of hydrogen-bond donors (Lipinski definition) is 1. The minimum atomic E-state index is -0.244. The third kappa shape index (κ3) is 1.86. The highest BCUT2D eigenvalue weighted by Crippen LogP contribution is 2.43. The monoisotopic (exact) mass is 194 g/mol. The van der Waals surface area contributed by atoms with Gasteiger partial charge in [-0.2, -0.15) is 0 Å². The van der Waals surface area contributed by atoms with Crippen molar-refractivity contribution < 1.29 is 4.79 Å². The molecule has 0 bridgehead atoms. The molecule has 0 aromatic rings. The van der Waals surface area contributed by atoms with E-state index in [0.717, 1.165) is 17.8 Å². The van der Waals surface area contributed by atoms with Crippen LogP contribution in [0.5, 0.6) is 0 Å². The molecule has 0 aromatic heterocycles. The molecule has 1 amide bonds. The molecule has 78 valence electrons. The maximum atomic E-state index is 10.7. The van der Waals surface area contributed by atoms with Gasteiger partial charge in [-0.25, -0.2) is 0 Å². The van der Waals surface area contributed by atoms with Crippen molar-refractivity contribution in [1.29, 1.82) is 0 Å². The van der Waals surface area contributed by atoms with Crippen molar-refractivity contribution in [1.82, 2.24) is 0 Å². The van der Waals surface area contributed by atoms with Gasteiger partial charge in [-0.05, 0) is 13.3 Å². The van der Waals surface area contributed by atoms with Crippen LogP contribution in [0, 0.1) is 11.3 Å². The van der Waals surface area contributed by atoms with Crippen LogP contribution in [0.2, 0.25) is 0 Å². The third-order valence-corrected chi connectivity index (χ3v) is 3.11. The molecule has 3 heteroatoms. The van der Waals surface area contributed by atoms with Crippen molar-refractivity contribution in [2.24, 2.45) is 22.1 Å². The van der Waals surface area contributed by atoms with Crippen molar-refractivity contribution in [2.75, 3.05) is 0 Å². The molecule has 1 atom stereocenters. The van der Waals surface area contributed by atoms with Crippen LogP contribution in [0.3, 0.4) is 0 Å². The van der Waals surface area contributed by atoms with E-state index in [4.69, 9.17) is 5.73 Å². The van der Waals surface area contributed by atoms with Gasteiger partial charge in [-0.15, -0.1) is 0 Å². The molecule has 0 spiro atoms. The van der Waals surface area contributed by atoms with Crippen LogP contribution >= 0.6 is 0 Å². The van der Waals surface area contributed by atoms with E-state index in [1.54, 1.807) is 0 Å². The van der Waals surface area contributed by atoms with Crippen molar-refractivity contribution in [2.45, 2.75) is 33.6 Å². The first-order valence-corrected chi connectivity index (χ1v) is 4.88. The molecule has 2 N–H and O–H groups in total. The Bertz CT molecular complexity index is 302. The Hall–Kier alpha value is -1.12. The predicted molar refractivity (Wildman–Crippen MR) is 57.9 cm³/mol. The molecule has 1 unspecified atom stereocenters. The van der Waals surface area contributed by atoms with E-state index >= 15 is 0 Å². The van der Waals surface area contributed by atoms with Crippen molar-refractivity contribution in [3.05, 3.63) is 12.3 Å². The van der Waals surface area contributed by atoms with E-state index in [0.29, 0.717) is 12.3 Å². The second-order valence-electron chi connectivity index (χ2n) is 4.48. The zero-order valence-corrected chi connectivity index (χ0v) is 9.13. The van der Waals surface area contributed by atoms with Crippen LogP contribution in [0.1, 0.15) is 33.6 Å². The molecule has 0 aromatic carbocycles. The van der Waals surface area contributed by atoms with Gasteiger partial charge in [0.2, 0.25) is 5.91 Å². The lowest BCUT2D eigenvalue weighted by atomic mass is 9.75. The number of allylic oxidation sites excluding steroid dienone is 1. The van der Waals surface area contributed by atoms with Crippen molar-refractivity contribution in [3.63, 3.8) is 0 Å². The molecule has 0 aliphatic carbocycles. The standard InChI is InChI=1S/C11H18N2O/c1-7-9(5-6-10(12)14)11(3,4)8(2)13-7/h9H,2,5-6H2,1,3-4H3,(H2,12,14). The van der Waals surface area contributed by atoms with Crippen molar-refractivity contribution >= 4 is 11.6 Å². The molecular weight excluding hydrogens is 176 g/mol. The van der Waals surface area contributed by atoms with Crippen LogP contribution in [-0.2, 0) is 4.79 Å². The summed E-state index contributed by atoms with van der Waals surface area (Å²) in [6.45, 7) is 10.1. The highest BCUT2D eigenvalue weighted by Gasteiger charge is 2.38. The first kappa shape index (κ1) is 11.0. The van der Waals surface area contributed by atoms with E-state index < -0.39 is 0 Å². The molecule has 1 heterocycles. The lowest BCUT2D eigenvalue weighted by molar-refractivity contribution is -0.118. The lowest BCUT2D eigenvalue weighted by Gasteiger charge is -2.27. The van der Waals surface area contributed by atoms with Gasteiger partial charge in [0.05, 0.1) is 0 Å². The average molecular weight is 194 g/mol. The Morgan fingerprint density at radius 2 is 2.21 bits per heavy atom. The topological polar surface area (TPSA) is 55.4 Å². The largest absolute Gasteiger partial charge is 0.370 e. The lowest BCUT2D eigenvalue weighted by Crippen LogP contribution is -2.26. The quantitative estimate of drug-likeness (QED) is 0.732.